The molecule has 32 heavy (non-hydrogen) atoms. The summed E-state index contributed by atoms with van der Waals surface area (Å²) in [5.41, 5.74) is 3.71. The van der Waals surface area contributed by atoms with Gasteiger partial charge in [0.2, 0.25) is 11.8 Å². The highest BCUT2D eigenvalue weighted by Gasteiger charge is 2.34. The number of fused-ring (bicyclic) bond motifs is 1. The van der Waals surface area contributed by atoms with Crippen molar-refractivity contribution < 1.29 is 14.0 Å². The summed E-state index contributed by atoms with van der Waals surface area (Å²) < 4.78 is 5.31. The molecule has 1 atom stereocenters. The van der Waals surface area contributed by atoms with Crippen LogP contribution >= 0.6 is 0 Å². The second-order valence-corrected chi connectivity index (χ2v) is 8.44. The number of pyridine rings is 1. The molecule has 1 fully saturated rings. The summed E-state index contributed by atoms with van der Waals surface area (Å²) in [5, 5.41) is 2.96. The number of carbonyl (C=O) groups is 2. The molecule has 3 aromatic rings. The minimum Gasteiger partial charge on any atom is -0.467 e. The Morgan fingerprint density at radius 1 is 1.12 bits per heavy atom. The third-order valence-corrected chi connectivity index (χ3v) is 6.24. The monoisotopic (exact) mass is 430 g/mol. The summed E-state index contributed by atoms with van der Waals surface area (Å²) in [4.78, 5) is 33.4. The summed E-state index contributed by atoms with van der Waals surface area (Å²) in [6.07, 6.45) is 4.66. The first kappa shape index (κ1) is 20.3. The lowest BCUT2D eigenvalue weighted by molar-refractivity contribution is -0.129. The van der Waals surface area contributed by atoms with Gasteiger partial charge in [-0.2, -0.15) is 0 Å². The van der Waals surface area contributed by atoms with Crippen LogP contribution in [0.25, 0.3) is 0 Å². The van der Waals surface area contributed by atoms with Crippen LogP contribution in [0.4, 0.5) is 5.82 Å². The van der Waals surface area contributed by atoms with E-state index in [4.69, 9.17) is 4.42 Å². The van der Waals surface area contributed by atoms with Gasteiger partial charge in [0.25, 0.3) is 0 Å². The Labute approximate surface area is 187 Å². The van der Waals surface area contributed by atoms with Crippen LogP contribution in [0.15, 0.2) is 65.4 Å². The number of hydrogen-bond acceptors (Lipinski definition) is 5. The van der Waals surface area contributed by atoms with Crippen LogP contribution in [0.5, 0.6) is 0 Å². The van der Waals surface area contributed by atoms with Gasteiger partial charge in [0.05, 0.1) is 18.7 Å². The number of anilines is 1. The number of benzene rings is 1. The maximum atomic E-state index is 12.6. The lowest BCUT2D eigenvalue weighted by atomic mass is 10.00. The van der Waals surface area contributed by atoms with Gasteiger partial charge < -0.3 is 19.5 Å². The molecular formula is C25H26N4O3. The van der Waals surface area contributed by atoms with E-state index in [2.05, 4.69) is 39.5 Å². The fraction of sp³-hybridized carbons (Fsp3) is 0.320. The highest BCUT2D eigenvalue weighted by Crippen LogP contribution is 2.23. The third kappa shape index (κ3) is 4.37. The van der Waals surface area contributed by atoms with Gasteiger partial charge in [-0.25, -0.2) is 4.98 Å². The average molecular weight is 431 g/mol. The number of rotatable bonds is 6. The zero-order valence-electron chi connectivity index (χ0n) is 17.9. The summed E-state index contributed by atoms with van der Waals surface area (Å²) in [5.74, 6) is 1.22. The first-order valence-electron chi connectivity index (χ1n) is 11.0. The molecular weight excluding hydrogens is 404 g/mol. The van der Waals surface area contributed by atoms with Crippen molar-refractivity contribution >= 4 is 17.6 Å². The maximum absolute atomic E-state index is 12.6. The fourth-order valence-electron chi connectivity index (χ4n) is 4.42. The SMILES string of the molecule is O=C(NCc1ccc(N2CCc3ccccc3C2)nc1)C1CC(=O)N(Cc2ccco2)C1. The molecule has 4 heterocycles. The first-order chi connectivity index (χ1) is 15.7. The Kier molecular flexibility index (Phi) is 5.62. The van der Waals surface area contributed by atoms with E-state index in [1.165, 1.54) is 11.1 Å². The minimum absolute atomic E-state index is 0.0179. The van der Waals surface area contributed by atoms with E-state index in [0.29, 0.717) is 19.6 Å². The third-order valence-electron chi connectivity index (χ3n) is 6.24. The summed E-state index contributed by atoms with van der Waals surface area (Å²) in [7, 11) is 0. The van der Waals surface area contributed by atoms with E-state index in [-0.39, 0.29) is 24.2 Å². The van der Waals surface area contributed by atoms with Crippen molar-refractivity contribution in [1.29, 1.82) is 0 Å². The van der Waals surface area contributed by atoms with E-state index in [1.54, 1.807) is 17.2 Å². The van der Waals surface area contributed by atoms with Crippen LogP contribution in [0.1, 0.15) is 28.9 Å². The molecule has 0 bridgehead atoms. The Bertz CT molecular complexity index is 1090. The Morgan fingerprint density at radius 2 is 2.00 bits per heavy atom. The highest BCUT2D eigenvalue weighted by atomic mass is 16.3. The number of furan rings is 1. The largest absolute Gasteiger partial charge is 0.467 e. The maximum Gasteiger partial charge on any atom is 0.225 e. The van der Waals surface area contributed by atoms with E-state index < -0.39 is 0 Å². The predicted octanol–water partition coefficient (Wildman–Crippen LogP) is 2.90. The van der Waals surface area contributed by atoms with E-state index in [0.717, 1.165) is 36.7 Å². The summed E-state index contributed by atoms with van der Waals surface area (Å²) >= 11 is 0. The average Bonchev–Trinajstić information content (AvgIpc) is 3.47. The second kappa shape index (κ2) is 8.86. The van der Waals surface area contributed by atoms with E-state index in [9.17, 15) is 9.59 Å². The number of amides is 2. The zero-order chi connectivity index (χ0) is 21.9. The number of carbonyl (C=O) groups excluding carboxylic acids is 2. The summed E-state index contributed by atoms with van der Waals surface area (Å²) in [6.45, 7) is 3.03. The Hall–Kier alpha value is -3.61. The van der Waals surface area contributed by atoms with Gasteiger partial charge >= 0.3 is 0 Å². The van der Waals surface area contributed by atoms with E-state index in [1.807, 2.05) is 24.4 Å². The van der Waals surface area contributed by atoms with Crippen molar-refractivity contribution in [2.24, 2.45) is 5.92 Å². The molecule has 5 rings (SSSR count). The molecule has 0 radical (unpaired) electrons. The predicted molar refractivity (Wildman–Crippen MR) is 120 cm³/mol. The van der Waals surface area contributed by atoms with Gasteiger partial charge in [-0.1, -0.05) is 30.3 Å². The molecule has 1 saturated heterocycles. The normalized spacial score (nSPS) is 18.0. The quantitative estimate of drug-likeness (QED) is 0.651. The Balaban J connectivity index is 1.13. The summed E-state index contributed by atoms with van der Waals surface area (Å²) in [6, 6.07) is 16.2. The van der Waals surface area contributed by atoms with Gasteiger partial charge in [0, 0.05) is 38.8 Å². The lowest BCUT2D eigenvalue weighted by Crippen LogP contribution is -2.32. The van der Waals surface area contributed by atoms with Crippen LogP contribution in [-0.4, -0.2) is 34.8 Å². The molecule has 0 aliphatic carbocycles. The lowest BCUT2D eigenvalue weighted by Gasteiger charge is -2.29. The number of hydrogen-bond donors (Lipinski definition) is 1. The van der Waals surface area contributed by atoms with Crippen molar-refractivity contribution in [2.75, 3.05) is 18.0 Å². The van der Waals surface area contributed by atoms with Crippen molar-refractivity contribution in [1.82, 2.24) is 15.2 Å². The Morgan fingerprint density at radius 3 is 2.78 bits per heavy atom. The van der Waals surface area contributed by atoms with Crippen molar-refractivity contribution in [3.63, 3.8) is 0 Å². The molecule has 1 unspecified atom stereocenters. The molecule has 2 amide bonds. The second-order valence-electron chi connectivity index (χ2n) is 8.44. The molecule has 164 valence electrons. The molecule has 0 saturated carbocycles. The number of likely N-dealkylation sites (tertiary alicyclic amines) is 1. The zero-order valence-corrected chi connectivity index (χ0v) is 17.9. The van der Waals surface area contributed by atoms with Crippen molar-refractivity contribution in [2.45, 2.75) is 32.5 Å². The van der Waals surface area contributed by atoms with Crippen molar-refractivity contribution in [3.8, 4) is 0 Å². The molecule has 2 aromatic heterocycles. The highest BCUT2D eigenvalue weighted by molar-refractivity contribution is 5.89. The van der Waals surface area contributed by atoms with Crippen LogP contribution in [0.2, 0.25) is 0 Å². The standard InChI is InChI=1S/C25H26N4O3/c30-24-12-21(16-29(24)17-22-6-3-11-32-22)25(31)27-14-18-7-8-23(26-13-18)28-10-9-19-4-1-2-5-20(19)15-28/h1-8,11,13,21H,9-10,12,14-17H2,(H,27,31). The number of nitrogens with one attached hydrogen (secondary N) is 1. The van der Waals surface area contributed by atoms with Crippen molar-refractivity contribution in [3.05, 3.63) is 83.4 Å². The smallest absolute Gasteiger partial charge is 0.225 e. The molecule has 7 nitrogen and oxygen atoms in total. The fourth-order valence-corrected chi connectivity index (χ4v) is 4.42. The van der Waals surface area contributed by atoms with Gasteiger partial charge in [0.15, 0.2) is 0 Å². The van der Waals surface area contributed by atoms with Crippen LogP contribution in [-0.2, 0) is 35.6 Å². The van der Waals surface area contributed by atoms with Crippen LogP contribution in [0, 0.1) is 5.92 Å². The van der Waals surface area contributed by atoms with Crippen LogP contribution < -0.4 is 10.2 Å². The molecule has 7 heteroatoms. The van der Waals surface area contributed by atoms with Gasteiger partial charge in [0.1, 0.15) is 11.6 Å². The molecule has 0 spiro atoms. The molecule has 2 aliphatic rings. The minimum atomic E-state index is -0.335. The van der Waals surface area contributed by atoms with Gasteiger partial charge in [-0.05, 0) is 41.3 Å². The topological polar surface area (TPSA) is 78.7 Å². The van der Waals surface area contributed by atoms with Crippen LogP contribution in [0.3, 0.4) is 0 Å². The van der Waals surface area contributed by atoms with E-state index >= 15 is 0 Å². The molecule has 1 N–H and O–H groups in total. The molecule has 2 aliphatic heterocycles. The first-order valence-corrected chi connectivity index (χ1v) is 11.0. The molecule has 1 aromatic carbocycles. The van der Waals surface area contributed by atoms with Gasteiger partial charge in [-0.3, -0.25) is 9.59 Å². The number of aromatic nitrogens is 1. The van der Waals surface area contributed by atoms with Gasteiger partial charge in [-0.15, -0.1) is 0 Å². The number of nitrogens with zero attached hydrogens (tertiary/aromatic N) is 3.